The highest BCUT2D eigenvalue weighted by Crippen LogP contribution is 2.21. The molecular formula is C15H19BN2O2. The van der Waals surface area contributed by atoms with Crippen LogP contribution in [0.15, 0.2) is 35.3 Å². The summed E-state index contributed by atoms with van der Waals surface area (Å²) >= 11 is 0. The summed E-state index contributed by atoms with van der Waals surface area (Å²) in [5, 5.41) is 0. The Hall–Kier alpha value is -1.62. The molecule has 0 saturated carbocycles. The second-order valence-corrected chi connectivity index (χ2v) is 5.03. The smallest absolute Gasteiger partial charge is 0.315 e. The minimum Gasteiger partial charge on any atom is -0.468 e. The van der Waals surface area contributed by atoms with Crippen molar-refractivity contribution in [2.24, 2.45) is 10.9 Å². The topological polar surface area (TPSA) is 41.9 Å². The van der Waals surface area contributed by atoms with E-state index in [0.29, 0.717) is 19.5 Å². The van der Waals surface area contributed by atoms with Gasteiger partial charge in [0.2, 0.25) is 0 Å². The summed E-state index contributed by atoms with van der Waals surface area (Å²) in [7, 11) is 7.19. The lowest BCUT2D eigenvalue weighted by Crippen LogP contribution is -2.43. The van der Waals surface area contributed by atoms with E-state index in [0.717, 1.165) is 11.3 Å². The van der Waals surface area contributed by atoms with E-state index in [2.05, 4.69) is 0 Å². The van der Waals surface area contributed by atoms with Gasteiger partial charge in [0.05, 0.1) is 13.2 Å². The summed E-state index contributed by atoms with van der Waals surface area (Å²) < 4.78 is 4.85. The quantitative estimate of drug-likeness (QED) is 0.621. The van der Waals surface area contributed by atoms with Crippen LogP contribution >= 0.6 is 0 Å². The van der Waals surface area contributed by atoms with E-state index in [4.69, 9.17) is 17.7 Å². The maximum absolute atomic E-state index is 11.9. The Morgan fingerprint density at radius 2 is 2.15 bits per heavy atom. The number of carbonyl (C=O) groups excluding carboxylic acids is 1. The molecule has 0 spiro atoms. The maximum atomic E-state index is 11.9. The number of piperidine rings is 1. The first kappa shape index (κ1) is 14.8. The van der Waals surface area contributed by atoms with Crippen molar-refractivity contribution in [3.63, 3.8) is 0 Å². The molecule has 1 fully saturated rings. The van der Waals surface area contributed by atoms with Gasteiger partial charge in [-0.15, -0.1) is 0 Å². The molecule has 4 nitrogen and oxygen atoms in total. The standard InChI is InChI=1S/C15H19BN2O2/c1-11(12-6-4-3-5-7-12)17-14-8-9-18(16)10-13(14)15(19)20-2/h3-7,11,13H,8-10H2,1-2H3/t11-,13?/m1/s1. The molecule has 5 heteroatoms. The Morgan fingerprint density at radius 3 is 2.80 bits per heavy atom. The van der Waals surface area contributed by atoms with E-state index in [1.807, 2.05) is 37.3 Å². The fourth-order valence-corrected chi connectivity index (χ4v) is 2.43. The second-order valence-electron chi connectivity index (χ2n) is 5.03. The van der Waals surface area contributed by atoms with E-state index >= 15 is 0 Å². The lowest BCUT2D eigenvalue weighted by atomic mass is 9.93. The molecule has 0 aliphatic carbocycles. The van der Waals surface area contributed by atoms with Crippen LogP contribution < -0.4 is 0 Å². The predicted molar refractivity (Wildman–Crippen MR) is 79.7 cm³/mol. The number of methoxy groups -OCH3 is 1. The van der Waals surface area contributed by atoms with Crippen molar-refractivity contribution < 1.29 is 9.53 Å². The zero-order valence-corrected chi connectivity index (χ0v) is 12.0. The molecule has 1 aliphatic heterocycles. The molecule has 104 valence electrons. The van der Waals surface area contributed by atoms with Crippen LogP contribution in [0, 0.1) is 5.92 Å². The van der Waals surface area contributed by atoms with Crippen LogP contribution in [0.25, 0.3) is 0 Å². The van der Waals surface area contributed by atoms with E-state index in [1.54, 1.807) is 4.81 Å². The Bertz CT molecular complexity index is 490. The zero-order chi connectivity index (χ0) is 14.5. The fraction of sp³-hybridized carbons (Fsp3) is 0.467. The molecule has 1 saturated heterocycles. The minimum absolute atomic E-state index is 0.0303. The Balaban J connectivity index is 2.19. The molecule has 1 aromatic carbocycles. The van der Waals surface area contributed by atoms with Crippen molar-refractivity contribution in [3.05, 3.63) is 35.9 Å². The van der Waals surface area contributed by atoms with E-state index in [1.165, 1.54) is 7.11 Å². The van der Waals surface area contributed by atoms with Gasteiger partial charge in [0.25, 0.3) is 0 Å². The number of ether oxygens (including phenoxy) is 1. The van der Waals surface area contributed by atoms with Gasteiger partial charge in [0, 0.05) is 12.3 Å². The van der Waals surface area contributed by atoms with Crippen molar-refractivity contribution in [2.75, 3.05) is 20.2 Å². The van der Waals surface area contributed by atoms with Crippen molar-refractivity contribution >= 4 is 19.7 Å². The Morgan fingerprint density at radius 1 is 1.45 bits per heavy atom. The number of hydrogen-bond donors (Lipinski definition) is 0. The molecule has 0 N–H and O–H groups in total. The number of nitrogens with zero attached hydrogens (tertiary/aromatic N) is 2. The number of hydrogen-bond acceptors (Lipinski definition) is 4. The average Bonchev–Trinajstić information content (AvgIpc) is 2.49. The summed E-state index contributed by atoms with van der Waals surface area (Å²) in [6.07, 6.45) is 0.702. The third kappa shape index (κ3) is 3.48. The molecule has 20 heavy (non-hydrogen) atoms. The molecule has 0 amide bonds. The highest BCUT2D eigenvalue weighted by Gasteiger charge is 2.30. The Kier molecular flexibility index (Phi) is 4.96. The number of carbonyl (C=O) groups is 1. The van der Waals surface area contributed by atoms with Crippen molar-refractivity contribution in [2.45, 2.75) is 19.4 Å². The minimum atomic E-state index is -0.357. The normalized spacial score (nSPS) is 23.5. The maximum Gasteiger partial charge on any atom is 0.315 e. The third-order valence-corrected chi connectivity index (χ3v) is 3.60. The van der Waals surface area contributed by atoms with Crippen LogP contribution in [-0.2, 0) is 9.53 Å². The first-order chi connectivity index (χ1) is 9.61. The van der Waals surface area contributed by atoms with Gasteiger partial charge in [-0.05, 0) is 25.5 Å². The van der Waals surface area contributed by atoms with E-state index in [-0.39, 0.29) is 17.9 Å². The highest BCUT2D eigenvalue weighted by molar-refractivity contribution is 6.08. The van der Waals surface area contributed by atoms with Crippen LogP contribution in [0.1, 0.15) is 24.9 Å². The van der Waals surface area contributed by atoms with Gasteiger partial charge < -0.3 is 9.55 Å². The van der Waals surface area contributed by atoms with Crippen LogP contribution in [0.4, 0.5) is 0 Å². The molecule has 0 bridgehead atoms. The molecule has 0 aromatic heterocycles. The zero-order valence-electron chi connectivity index (χ0n) is 12.0. The summed E-state index contributed by atoms with van der Waals surface area (Å²) in [4.78, 5) is 18.2. The van der Waals surface area contributed by atoms with Crippen LogP contribution in [0.3, 0.4) is 0 Å². The van der Waals surface area contributed by atoms with E-state index in [9.17, 15) is 4.79 Å². The Labute approximate surface area is 121 Å². The average molecular weight is 270 g/mol. The monoisotopic (exact) mass is 270 g/mol. The van der Waals surface area contributed by atoms with Crippen molar-refractivity contribution in [3.8, 4) is 0 Å². The number of esters is 1. The molecule has 1 aromatic rings. The van der Waals surface area contributed by atoms with Gasteiger partial charge in [0.15, 0.2) is 7.98 Å². The summed E-state index contributed by atoms with van der Waals surface area (Å²) in [5.41, 5.74) is 2.02. The first-order valence-corrected chi connectivity index (χ1v) is 6.80. The SMILES string of the molecule is [B]N1CCC(=N[C@H](C)c2ccccc2)C(C(=O)OC)C1. The van der Waals surface area contributed by atoms with Gasteiger partial charge in [-0.3, -0.25) is 9.79 Å². The summed E-state index contributed by atoms with van der Waals surface area (Å²) in [5.74, 6) is -0.621. The molecular weight excluding hydrogens is 251 g/mol. The molecule has 2 atom stereocenters. The van der Waals surface area contributed by atoms with Crippen LogP contribution in [0.2, 0.25) is 0 Å². The number of rotatable bonds is 3. The van der Waals surface area contributed by atoms with Gasteiger partial charge in [-0.1, -0.05) is 30.3 Å². The molecule has 2 rings (SSSR count). The lowest BCUT2D eigenvalue weighted by Gasteiger charge is -2.30. The van der Waals surface area contributed by atoms with Crippen LogP contribution in [0.5, 0.6) is 0 Å². The number of aliphatic imine (C=N–C) groups is 1. The molecule has 1 unspecified atom stereocenters. The molecule has 1 heterocycles. The van der Waals surface area contributed by atoms with Gasteiger partial charge in [-0.2, -0.15) is 0 Å². The van der Waals surface area contributed by atoms with Gasteiger partial charge in [0.1, 0.15) is 5.92 Å². The molecule has 2 radical (unpaired) electrons. The summed E-state index contributed by atoms with van der Waals surface area (Å²) in [6.45, 7) is 3.21. The van der Waals surface area contributed by atoms with Gasteiger partial charge in [-0.25, -0.2) is 0 Å². The highest BCUT2D eigenvalue weighted by atomic mass is 16.5. The second kappa shape index (κ2) is 6.70. The predicted octanol–water partition coefficient (Wildman–Crippen LogP) is 1.77. The van der Waals surface area contributed by atoms with Gasteiger partial charge >= 0.3 is 5.97 Å². The lowest BCUT2D eigenvalue weighted by molar-refractivity contribution is -0.143. The third-order valence-electron chi connectivity index (χ3n) is 3.60. The van der Waals surface area contributed by atoms with Crippen molar-refractivity contribution in [1.29, 1.82) is 0 Å². The van der Waals surface area contributed by atoms with E-state index < -0.39 is 0 Å². The number of benzene rings is 1. The van der Waals surface area contributed by atoms with Crippen LogP contribution in [-0.4, -0.2) is 44.7 Å². The largest absolute Gasteiger partial charge is 0.468 e. The molecule has 1 aliphatic rings. The summed E-state index contributed by atoms with van der Waals surface area (Å²) in [6, 6.07) is 10.1. The fourth-order valence-electron chi connectivity index (χ4n) is 2.43. The van der Waals surface area contributed by atoms with Crippen molar-refractivity contribution in [1.82, 2.24) is 4.81 Å². The first-order valence-electron chi connectivity index (χ1n) is 6.80.